The number of ether oxygens (including phenoxy) is 2. The zero-order valence-electron chi connectivity index (χ0n) is 9.83. The highest BCUT2D eigenvalue weighted by Gasteiger charge is 2.04. The molecule has 0 saturated heterocycles. The van der Waals surface area contributed by atoms with Crippen LogP contribution in [0.4, 0.5) is 0 Å². The van der Waals surface area contributed by atoms with Crippen molar-refractivity contribution in [3.8, 4) is 17.7 Å². The van der Waals surface area contributed by atoms with Crippen LogP contribution in [0.15, 0.2) is 36.7 Å². The highest BCUT2D eigenvalue weighted by atomic mass is 16.5. The number of aromatic nitrogens is 2. The SMILES string of the molecule is COc1cccc(COc2cnccc2C#N)n1. The van der Waals surface area contributed by atoms with Gasteiger partial charge in [0, 0.05) is 12.3 Å². The van der Waals surface area contributed by atoms with Crippen LogP contribution in [0.3, 0.4) is 0 Å². The van der Waals surface area contributed by atoms with Crippen LogP contribution in [0.2, 0.25) is 0 Å². The molecule has 90 valence electrons. The fraction of sp³-hybridized carbons (Fsp3) is 0.154. The fourth-order valence-electron chi connectivity index (χ4n) is 1.39. The van der Waals surface area contributed by atoms with E-state index in [1.165, 1.54) is 6.20 Å². The maximum Gasteiger partial charge on any atom is 0.213 e. The largest absolute Gasteiger partial charge is 0.484 e. The Hall–Kier alpha value is -2.61. The van der Waals surface area contributed by atoms with Gasteiger partial charge in [-0.1, -0.05) is 6.07 Å². The molecule has 0 spiro atoms. The summed E-state index contributed by atoms with van der Waals surface area (Å²) in [7, 11) is 1.56. The average molecular weight is 241 g/mol. The van der Waals surface area contributed by atoms with Gasteiger partial charge in [0.1, 0.15) is 12.7 Å². The van der Waals surface area contributed by atoms with E-state index in [4.69, 9.17) is 14.7 Å². The summed E-state index contributed by atoms with van der Waals surface area (Å²) in [4.78, 5) is 8.13. The first kappa shape index (κ1) is 11.9. The van der Waals surface area contributed by atoms with Gasteiger partial charge in [-0.05, 0) is 12.1 Å². The Morgan fingerprint density at radius 1 is 1.33 bits per heavy atom. The molecule has 0 atom stereocenters. The first-order chi connectivity index (χ1) is 8.83. The third-order valence-electron chi connectivity index (χ3n) is 2.27. The predicted octanol–water partition coefficient (Wildman–Crippen LogP) is 1.94. The minimum absolute atomic E-state index is 0.261. The lowest BCUT2D eigenvalue weighted by atomic mass is 10.3. The molecular formula is C13H11N3O2. The topological polar surface area (TPSA) is 68.0 Å². The van der Waals surface area contributed by atoms with Crippen molar-refractivity contribution in [2.75, 3.05) is 7.11 Å². The minimum Gasteiger partial charge on any atom is -0.484 e. The highest BCUT2D eigenvalue weighted by Crippen LogP contribution is 2.16. The van der Waals surface area contributed by atoms with Gasteiger partial charge in [0.15, 0.2) is 5.75 Å². The molecule has 0 aliphatic carbocycles. The predicted molar refractivity (Wildman–Crippen MR) is 64.1 cm³/mol. The first-order valence-electron chi connectivity index (χ1n) is 5.30. The van der Waals surface area contributed by atoms with Crippen molar-refractivity contribution in [1.82, 2.24) is 9.97 Å². The summed E-state index contributed by atoms with van der Waals surface area (Å²) in [5, 5.41) is 8.90. The number of hydrogen-bond acceptors (Lipinski definition) is 5. The smallest absolute Gasteiger partial charge is 0.213 e. The average Bonchev–Trinajstić information content (AvgIpc) is 2.45. The zero-order chi connectivity index (χ0) is 12.8. The Bertz CT molecular complexity index is 578. The van der Waals surface area contributed by atoms with E-state index in [1.54, 1.807) is 25.4 Å². The van der Waals surface area contributed by atoms with Crippen LogP contribution in [-0.2, 0) is 6.61 Å². The number of methoxy groups -OCH3 is 1. The second kappa shape index (κ2) is 5.64. The molecule has 0 radical (unpaired) electrons. The zero-order valence-corrected chi connectivity index (χ0v) is 9.83. The lowest BCUT2D eigenvalue weighted by Gasteiger charge is -2.07. The second-order valence-electron chi connectivity index (χ2n) is 3.44. The molecular weight excluding hydrogens is 230 g/mol. The minimum atomic E-state index is 0.261. The van der Waals surface area contributed by atoms with Crippen molar-refractivity contribution in [2.24, 2.45) is 0 Å². The van der Waals surface area contributed by atoms with Gasteiger partial charge in [0.25, 0.3) is 0 Å². The summed E-state index contributed by atoms with van der Waals surface area (Å²) in [6.07, 6.45) is 3.06. The van der Waals surface area contributed by atoms with Crippen LogP contribution in [0.25, 0.3) is 0 Å². The van der Waals surface area contributed by atoms with E-state index in [1.807, 2.05) is 18.2 Å². The van der Waals surface area contributed by atoms with Gasteiger partial charge in [-0.2, -0.15) is 5.26 Å². The van der Waals surface area contributed by atoms with Gasteiger partial charge >= 0.3 is 0 Å². The van der Waals surface area contributed by atoms with Crippen molar-refractivity contribution in [1.29, 1.82) is 5.26 Å². The van der Waals surface area contributed by atoms with Crippen LogP contribution < -0.4 is 9.47 Å². The molecule has 5 heteroatoms. The van der Waals surface area contributed by atoms with E-state index >= 15 is 0 Å². The van der Waals surface area contributed by atoms with Gasteiger partial charge in [0.05, 0.1) is 24.6 Å². The van der Waals surface area contributed by atoms with Crippen molar-refractivity contribution < 1.29 is 9.47 Å². The van der Waals surface area contributed by atoms with Crippen LogP contribution in [0, 0.1) is 11.3 Å². The van der Waals surface area contributed by atoms with Crippen molar-refractivity contribution in [2.45, 2.75) is 6.61 Å². The van der Waals surface area contributed by atoms with Crippen molar-refractivity contribution in [3.05, 3.63) is 47.9 Å². The summed E-state index contributed by atoms with van der Waals surface area (Å²) in [5.41, 5.74) is 1.18. The molecule has 0 aliphatic rings. The second-order valence-corrected chi connectivity index (χ2v) is 3.44. The van der Waals surface area contributed by atoms with Crippen LogP contribution >= 0.6 is 0 Å². The quantitative estimate of drug-likeness (QED) is 0.818. The molecule has 2 rings (SSSR count). The van der Waals surface area contributed by atoms with E-state index in [-0.39, 0.29) is 6.61 Å². The molecule has 0 N–H and O–H groups in total. The van der Waals surface area contributed by atoms with E-state index in [0.29, 0.717) is 17.2 Å². The molecule has 0 saturated carbocycles. The normalized spacial score (nSPS) is 9.56. The molecule has 2 heterocycles. The van der Waals surface area contributed by atoms with Crippen LogP contribution in [-0.4, -0.2) is 17.1 Å². The molecule has 18 heavy (non-hydrogen) atoms. The number of rotatable bonds is 4. The summed E-state index contributed by atoms with van der Waals surface area (Å²) in [6, 6.07) is 9.06. The van der Waals surface area contributed by atoms with E-state index in [2.05, 4.69) is 9.97 Å². The Morgan fingerprint density at radius 2 is 2.22 bits per heavy atom. The Labute approximate surface area is 105 Å². The number of nitrogens with zero attached hydrogens (tertiary/aromatic N) is 3. The molecule has 0 aromatic carbocycles. The number of nitriles is 1. The standard InChI is InChI=1S/C13H11N3O2/c1-17-13-4-2-3-11(16-13)9-18-12-8-15-6-5-10(12)7-14/h2-6,8H,9H2,1H3. The molecule has 0 amide bonds. The van der Waals surface area contributed by atoms with Crippen LogP contribution in [0.5, 0.6) is 11.6 Å². The summed E-state index contributed by atoms with van der Waals surface area (Å²) in [5.74, 6) is 0.979. The molecule has 0 bridgehead atoms. The van der Waals surface area contributed by atoms with Crippen molar-refractivity contribution in [3.63, 3.8) is 0 Å². The van der Waals surface area contributed by atoms with E-state index in [0.717, 1.165) is 5.69 Å². The van der Waals surface area contributed by atoms with Crippen LogP contribution in [0.1, 0.15) is 11.3 Å². The first-order valence-corrected chi connectivity index (χ1v) is 5.30. The molecule has 2 aromatic rings. The molecule has 0 aliphatic heterocycles. The Balaban J connectivity index is 2.09. The summed E-state index contributed by atoms with van der Waals surface area (Å²) in [6.45, 7) is 0.261. The van der Waals surface area contributed by atoms with E-state index < -0.39 is 0 Å². The van der Waals surface area contributed by atoms with Gasteiger partial charge < -0.3 is 9.47 Å². The van der Waals surface area contributed by atoms with Gasteiger partial charge in [-0.3, -0.25) is 4.98 Å². The summed E-state index contributed by atoms with van der Waals surface area (Å²) < 4.78 is 10.5. The van der Waals surface area contributed by atoms with Gasteiger partial charge in [-0.15, -0.1) is 0 Å². The Kier molecular flexibility index (Phi) is 3.72. The lowest BCUT2D eigenvalue weighted by Crippen LogP contribution is -2.01. The number of hydrogen-bond donors (Lipinski definition) is 0. The molecule has 0 unspecified atom stereocenters. The molecule has 2 aromatic heterocycles. The third-order valence-corrected chi connectivity index (χ3v) is 2.27. The third kappa shape index (κ3) is 2.74. The maximum atomic E-state index is 8.90. The highest BCUT2D eigenvalue weighted by molar-refractivity contribution is 5.40. The monoisotopic (exact) mass is 241 g/mol. The summed E-state index contributed by atoms with van der Waals surface area (Å²) >= 11 is 0. The van der Waals surface area contributed by atoms with Gasteiger partial charge in [-0.25, -0.2) is 4.98 Å². The molecule has 5 nitrogen and oxygen atoms in total. The Morgan fingerprint density at radius 3 is 3.00 bits per heavy atom. The van der Waals surface area contributed by atoms with E-state index in [9.17, 15) is 0 Å². The maximum absolute atomic E-state index is 8.90. The lowest BCUT2D eigenvalue weighted by molar-refractivity contribution is 0.296. The van der Waals surface area contributed by atoms with Gasteiger partial charge in [0.2, 0.25) is 5.88 Å². The number of pyridine rings is 2. The fourth-order valence-corrected chi connectivity index (χ4v) is 1.39. The molecule has 0 fully saturated rings. The van der Waals surface area contributed by atoms with Crippen molar-refractivity contribution >= 4 is 0 Å².